The first-order valence-corrected chi connectivity index (χ1v) is 14.7. The number of hydrogen-bond donors (Lipinski definition) is 2. The van der Waals surface area contributed by atoms with Crippen LogP contribution >= 0.6 is 23.2 Å². The molecule has 0 unspecified atom stereocenters. The molecule has 5 aromatic rings. The lowest BCUT2D eigenvalue weighted by atomic mass is 10.0. The molecule has 44 heavy (non-hydrogen) atoms. The maximum Gasteiger partial charge on any atom is 0.306 e. The van der Waals surface area contributed by atoms with E-state index in [1.807, 2.05) is 54.6 Å². The summed E-state index contributed by atoms with van der Waals surface area (Å²) in [4.78, 5) is 32.9. The summed E-state index contributed by atoms with van der Waals surface area (Å²) in [6.07, 6.45) is 5.91. The molecule has 1 atom stereocenters. The van der Waals surface area contributed by atoms with Crippen LogP contribution in [0.1, 0.15) is 41.9 Å². The summed E-state index contributed by atoms with van der Waals surface area (Å²) in [7, 11) is 0. The summed E-state index contributed by atoms with van der Waals surface area (Å²) in [5, 5.41) is 15.2. The van der Waals surface area contributed by atoms with E-state index >= 15 is 0 Å². The molecule has 0 radical (unpaired) electrons. The highest BCUT2D eigenvalue weighted by Gasteiger charge is 2.21. The average molecular weight is 631 g/mol. The van der Waals surface area contributed by atoms with E-state index in [4.69, 9.17) is 32.9 Å². The molecule has 1 amide bonds. The summed E-state index contributed by atoms with van der Waals surface area (Å²) in [5.41, 5.74) is 4.70. The Morgan fingerprint density at radius 1 is 1.05 bits per heavy atom. The van der Waals surface area contributed by atoms with Gasteiger partial charge in [0, 0.05) is 28.6 Å². The molecule has 5 rings (SSSR count). The van der Waals surface area contributed by atoms with E-state index in [1.165, 1.54) is 17.1 Å². The van der Waals surface area contributed by atoms with Gasteiger partial charge >= 0.3 is 5.97 Å². The van der Waals surface area contributed by atoms with Gasteiger partial charge in [-0.05, 0) is 65.6 Å². The Morgan fingerprint density at radius 3 is 2.57 bits per heavy atom. The smallest absolute Gasteiger partial charge is 0.306 e. The van der Waals surface area contributed by atoms with Crippen LogP contribution in [0.3, 0.4) is 0 Å². The lowest BCUT2D eigenvalue weighted by Gasteiger charge is -2.16. The number of H-pyrrole nitrogens is 1. The molecule has 0 saturated carbocycles. The molecule has 0 spiro atoms. The molecule has 0 aliphatic carbocycles. The maximum absolute atomic E-state index is 13.2. The number of amides is 1. The molecule has 3 aromatic carbocycles. The van der Waals surface area contributed by atoms with Crippen molar-refractivity contribution in [3.05, 3.63) is 118 Å². The van der Waals surface area contributed by atoms with Gasteiger partial charge in [0.2, 0.25) is 5.91 Å². The number of imidazole rings is 1. The summed E-state index contributed by atoms with van der Waals surface area (Å²) in [6.45, 7) is 2.15. The van der Waals surface area contributed by atoms with Gasteiger partial charge in [0.1, 0.15) is 23.0 Å². The quantitative estimate of drug-likeness (QED) is 0.129. The number of rotatable bonds is 12. The number of aromatic amines is 1. The fraction of sp³-hybridized carbons (Fsp3) is 0.188. The summed E-state index contributed by atoms with van der Waals surface area (Å²) in [5.74, 6) is -0.0499. The predicted octanol–water partition coefficient (Wildman–Crippen LogP) is 5.97. The number of benzene rings is 3. The van der Waals surface area contributed by atoms with Crippen LogP contribution in [0.25, 0.3) is 23.0 Å². The van der Waals surface area contributed by atoms with Crippen LogP contribution in [-0.2, 0) is 27.2 Å². The van der Waals surface area contributed by atoms with Crippen molar-refractivity contribution in [1.82, 2.24) is 35.5 Å². The number of aryl methyl sites for hydroxylation is 1. The molecule has 0 aliphatic rings. The van der Waals surface area contributed by atoms with Gasteiger partial charge in [-0.1, -0.05) is 77.8 Å². The van der Waals surface area contributed by atoms with E-state index < -0.39 is 6.04 Å². The number of hydrogen-bond acceptors (Lipinski definition) is 7. The van der Waals surface area contributed by atoms with Crippen molar-refractivity contribution >= 4 is 41.2 Å². The summed E-state index contributed by atoms with van der Waals surface area (Å²) in [6, 6.07) is 22.2. The second kappa shape index (κ2) is 14.6. The highest BCUT2D eigenvalue weighted by atomic mass is 35.5. The van der Waals surface area contributed by atoms with Gasteiger partial charge in [-0.3, -0.25) is 9.59 Å². The van der Waals surface area contributed by atoms with Crippen LogP contribution in [0.15, 0.2) is 85.2 Å². The van der Waals surface area contributed by atoms with Crippen molar-refractivity contribution in [2.24, 2.45) is 0 Å². The Hall–Kier alpha value is -4.80. The molecule has 224 valence electrons. The third-order valence-corrected chi connectivity index (χ3v) is 7.27. The minimum atomic E-state index is -0.511. The van der Waals surface area contributed by atoms with Crippen LogP contribution in [0.4, 0.5) is 0 Å². The minimum absolute atomic E-state index is 0.224. The number of nitrogens with one attached hydrogen (secondary N) is 2. The molecule has 0 saturated heterocycles. The fourth-order valence-electron chi connectivity index (χ4n) is 4.62. The number of tetrazole rings is 1. The third-order valence-electron chi connectivity index (χ3n) is 6.76. The van der Waals surface area contributed by atoms with Crippen molar-refractivity contribution in [2.45, 2.75) is 32.2 Å². The molecular formula is C32H29Cl2N7O3. The molecule has 0 aliphatic heterocycles. The topological polar surface area (TPSA) is 128 Å². The minimum Gasteiger partial charge on any atom is -0.466 e. The van der Waals surface area contributed by atoms with Gasteiger partial charge in [0.05, 0.1) is 18.3 Å². The first kappa shape index (κ1) is 30.7. The fourth-order valence-corrected chi connectivity index (χ4v) is 5.05. The number of halogens is 2. The molecule has 2 heterocycles. The number of carbonyl (C=O) groups excluding carboxylic acids is 2. The average Bonchev–Trinajstić information content (AvgIpc) is 3.70. The van der Waals surface area contributed by atoms with E-state index in [1.54, 1.807) is 31.2 Å². The Balaban J connectivity index is 1.36. The molecule has 10 nitrogen and oxygen atoms in total. The van der Waals surface area contributed by atoms with Crippen LogP contribution in [0.5, 0.6) is 0 Å². The standard InChI is InChI=1S/C32H29Cl2N7O3/c1-2-44-29(43)17-10-21-8-11-23(12-9-21)30-31(34)38-32(37-30)26(18-22-6-4-3-5-7-22)36-28(42)16-13-24-19-25(33)14-15-27(24)41-20-35-39-40-41/h3-9,11-16,19-20,26H,2,10,17-18H2,1H3,(H,36,42)(H,37,38)/b16-13+/t26-/m0/s1. The highest BCUT2D eigenvalue weighted by molar-refractivity contribution is 6.32. The highest BCUT2D eigenvalue weighted by Crippen LogP contribution is 2.29. The molecule has 12 heteroatoms. The van der Waals surface area contributed by atoms with Crippen molar-refractivity contribution < 1.29 is 14.3 Å². The number of ether oxygens (including phenoxy) is 1. The second-order valence-electron chi connectivity index (χ2n) is 9.83. The number of esters is 1. The van der Waals surface area contributed by atoms with Crippen molar-refractivity contribution in [2.75, 3.05) is 6.61 Å². The lowest BCUT2D eigenvalue weighted by Crippen LogP contribution is -2.29. The van der Waals surface area contributed by atoms with Gasteiger partial charge < -0.3 is 15.0 Å². The molecule has 0 fully saturated rings. The Morgan fingerprint density at radius 2 is 1.84 bits per heavy atom. The van der Waals surface area contributed by atoms with Gasteiger partial charge in [0.15, 0.2) is 0 Å². The summed E-state index contributed by atoms with van der Waals surface area (Å²) >= 11 is 12.9. The maximum atomic E-state index is 13.2. The Labute approximate surface area is 264 Å². The zero-order valence-electron chi connectivity index (χ0n) is 23.8. The predicted molar refractivity (Wildman–Crippen MR) is 168 cm³/mol. The van der Waals surface area contributed by atoms with E-state index in [-0.39, 0.29) is 11.9 Å². The normalized spacial score (nSPS) is 11.9. The van der Waals surface area contributed by atoms with Crippen molar-refractivity contribution in [3.63, 3.8) is 0 Å². The van der Waals surface area contributed by atoms with Crippen LogP contribution in [0, 0.1) is 0 Å². The summed E-state index contributed by atoms with van der Waals surface area (Å²) < 4.78 is 6.50. The molecule has 2 N–H and O–H groups in total. The SMILES string of the molecule is CCOC(=O)CCc1ccc(-c2nc([C@H](Cc3ccccc3)NC(=O)/C=C/c3cc(Cl)ccc3-n3cnnn3)[nH]c2Cl)cc1. The number of aromatic nitrogens is 6. The molecule has 2 aromatic heterocycles. The number of carbonyl (C=O) groups is 2. The largest absolute Gasteiger partial charge is 0.466 e. The van der Waals surface area contributed by atoms with Gasteiger partial charge in [-0.15, -0.1) is 5.10 Å². The molecular weight excluding hydrogens is 601 g/mol. The van der Waals surface area contributed by atoms with Gasteiger partial charge in [0.25, 0.3) is 0 Å². The van der Waals surface area contributed by atoms with Gasteiger partial charge in [-0.25, -0.2) is 4.98 Å². The van der Waals surface area contributed by atoms with E-state index in [9.17, 15) is 9.59 Å². The van der Waals surface area contributed by atoms with Gasteiger partial charge in [-0.2, -0.15) is 4.68 Å². The van der Waals surface area contributed by atoms with Crippen molar-refractivity contribution in [1.29, 1.82) is 0 Å². The van der Waals surface area contributed by atoms with Crippen LogP contribution in [0.2, 0.25) is 10.2 Å². The second-order valence-corrected chi connectivity index (χ2v) is 10.6. The third kappa shape index (κ3) is 7.97. The monoisotopic (exact) mass is 629 g/mol. The van der Waals surface area contributed by atoms with E-state index in [0.717, 1.165) is 16.7 Å². The first-order valence-electron chi connectivity index (χ1n) is 14.0. The Kier molecular flexibility index (Phi) is 10.2. The Bertz CT molecular complexity index is 1740. The van der Waals surface area contributed by atoms with Crippen LogP contribution < -0.4 is 5.32 Å². The zero-order valence-corrected chi connectivity index (χ0v) is 25.3. The first-order chi connectivity index (χ1) is 21.4. The zero-order chi connectivity index (χ0) is 30.9. The van der Waals surface area contributed by atoms with Crippen molar-refractivity contribution in [3.8, 4) is 16.9 Å². The number of nitrogens with zero attached hydrogens (tertiary/aromatic N) is 5. The molecule has 0 bridgehead atoms. The van der Waals surface area contributed by atoms with Crippen LogP contribution in [-0.4, -0.2) is 48.7 Å². The van der Waals surface area contributed by atoms with E-state index in [2.05, 4.69) is 25.8 Å². The van der Waals surface area contributed by atoms with E-state index in [0.29, 0.717) is 58.8 Å². The lowest BCUT2D eigenvalue weighted by molar-refractivity contribution is -0.143.